The summed E-state index contributed by atoms with van der Waals surface area (Å²) in [6, 6.07) is 0. The molecule has 0 aromatic heterocycles. The topological polar surface area (TPSA) is 21.3 Å². The molecule has 0 radical (unpaired) electrons. The maximum atomic E-state index is 5.92. The predicted molar refractivity (Wildman–Crippen MR) is 58.1 cm³/mol. The fourth-order valence-electron chi connectivity index (χ4n) is 2.57. The normalized spacial score (nSPS) is 36.1. The van der Waals surface area contributed by atoms with Crippen LogP contribution in [0.5, 0.6) is 0 Å². The lowest BCUT2D eigenvalue weighted by Crippen LogP contribution is -2.45. The first kappa shape index (κ1) is 10.2. The van der Waals surface area contributed by atoms with Crippen LogP contribution in [0.15, 0.2) is 11.6 Å². The molecule has 2 aliphatic rings. The number of rotatable bonds is 1. The third kappa shape index (κ3) is 1.86. The van der Waals surface area contributed by atoms with Crippen LogP contribution in [0, 0.1) is 5.92 Å². The zero-order chi connectivity index (χ0) is 10.0. The van der Waals surface area contributed by atoms with Gasteiger partial charge in [0.2, 0.25) is 0 Å². The highest BCUT2D eigenvalue weighted by atomic mass is 16.5. The lowest BCUT2D eigenvalue weighted by Gasteiger charge is -2.36. The molecule has 14 heavy (non-hydrogen) atoms. The number of hydrogen-bond donors (Lipinski definition) is 1. The molecule has 1 heterocycles. The van der Waals surface area contributed by atoms with Gasteiger partial charge in [0.1, 0.15) is 5.72 Å². The summed E-state index contributed by atoms with van der Waals surface area (Å²) in [5.41, 5.74) is 1.43. The van der Waals surface area contributed by atoms with Gasteiger partial charge in [-0.15, -0.1) is 0 Å². The highest BCUT2D eigenvalue weighted by Crippen LogP contribution is 2.36. The molecule has 2 rings (SSSR count). The SMILES string of the molecule is CC(C)C=C1CCCCC12NCCO2. The molecular formula is C12H21NO. The molecule has 1 unspecified atom stereocenters. The van der Waals surface area contributed by atoms with Crippen molar-refractivity contribution in [1.82, 2.24) is 5.32 Å². The number of ether oxygens (including phenoxy) is 1. The van der Waals surface area contributed by atoms with Crippen molar-refractivity contribution < 1.29 is 4.74 Å². The zero-order valence-electron chi connectivity index (χ0n) is 9.31. The molecule has 2 nitrogen and oxygen atoms in total. The van der Waals surface area contributed by atoms with Crippen LogP contribution in [-0.4, -0.2) is 18.9 Å². The van der Waals surface area contributed by atoms with Crippen LogP contribution in [0.1, 0.15) is 39.5 Å². The largest absolute Gasteiger partial charge is 0.355 e. The molecule has 0 amide bonds. The van der Waals surface area contributed by atoms with Crippen molar-refractivity contribution in [2.24, 2.45) is 5.92 Å². The fraction of sp³-hybridized carbons (Fsp3) is 0.833. The third-order valence-electron chi connectivity index (χ3n) is 3.14. The van der Waals surface area contributed by atoms with Crippen molar-refractivity contribution in [2.45, 2.75) is 45.3 Å². The first-order chi connectivity index (χ1) is 6.73. The van der Waals surface area contributed by atoms with Crippen LogP contribution >= 0.6 is 0 Å². The van der Waals surface area contributed by atoms with Crippen molar-refractivity contribution in [3.05, 3.63) is 11.6 Å². The molecule has 2 heteroatoms. The number of hydrogen-bond acceptors (Lipinski definition) is 2. The van der Waals surface area contributed by atoms with Gasteiger partial charge >= 0.3 is 0 Å². The van der Waals surface area contributed by atoms with Crippen LogP contribution in [0.2, 0.25) is 0 Å². The van der Waals surface area contributed by atoms with Gasteiger partial charge in [0.25, 0.3) is 0 Å². The molecule has 0 bridgehead atoms. The van der Waals surface area contributed by atoms with Crippen LogP contribution < -0.4 is 5.32 Å². The van der Waals surface area contributed by atoms with Gasteiger partial charge < -0.3 is 4.74 Å². The molecule has 0 aromatic carbocycles. The molecule has 0 aromatic rings. The lowest BCUT2D eigenvalue weighted by molar-refractivity contribution is 0.00144. The summed E-state index contributed by atoms with van der Waals surface area (Å²) in [5, 5.41) is 3.54. The van der Waals surface area contributed by atoms with E-state index in [0.717, 1.165) is 19.6 Å². The number of allylic oxidation sites excluding steroid dienone is 1. The monoisotopic (exact) mass is 195 g/mol. The van der Waals surface area contributed by atoms with Gasteiger partial charge in [0, 0.05) is 6.54 Å². The second-order valence-electron chi connectivity index (χ2n) is 4.75. The molecule has 1 spiro atoms. The van der Waals surface area contributed by atoms with Crippen molar-refractivity contribution in [3.8, 4) is 0 Å². The highest BCUT2D eigenvalue weighted by molar-refractivity contribution is 5.20. The molecule has 2 fully saturated rings. The minimum Gasteiger partial charge on any atom is -0.355 e. The molecular weight excluding hydrogens is 174 g/mol. The first-order valence-corrected chi connectivity index (χ1v) is 5.83. The van der Waals surface area contributed by atoms with E-state index in [9.17, 15) is 0 Å². The average Bonchev–Trinajstić information content (AvgIpc) is 2.58. The summed E-state index contributed by atoms with van der Waals surface area (Å²) >= 11 is 0. The van der Waals surface area contributed by atoms with E-state index in [-0.39, 0.29) is 5.72 Å². The van der Waals surface area contributed by atoms with E-state index >= 15 is 0 Å². The summed E-state index contributed by atoms with van der Waals surface area (Å²) in [6.45, 7) is 6.36. The summed E-state index contributed by atoms with van der Waals surface area (Å²) < 4.78 is 5.92. The van der Waals surface area contributed by atoms with E-state index in [2.05, 4.69) is 25.2 Å². The molecule has 1 atom stereocenters. The van der Waals surface area contributed by atoms with Gasteiger partial charge in [-0.3, -0.25) is 5.32 Å². The fourth-order valence-corrected chi connectivity index (χ4v) is 2.57. The predicted octanol–water partition coefficient (Wildman–Crippen LogP) is 2.46. The Kier molecular flexibility index (Phi) is 2.93. The average molecular weight is 195 g/mol. The van der Waals surface area contributed by atoms with E-state index in [1.807, 2.05) is 0 Å². The number of nitrogens with one attached hydrogen (secondary N) is 1. The Labute approximate surface area is 86.7 Å². The van der Waals surface area contributed by atoms with E-state index in [1.54, 1.807) is 0 Å². The smallest absolute Gasteiger partial charge is 0.141 e. The van der Waals surface area contributed by atoms with Gasteiger partial charge in [-0.2, -0.15) is 0 Å². The molecule has 1 N–H and O–H groups in total. The van der Waals surface area contributed by atoms with Gasteiger partial charge in [-0.1, -0.05) is 19.9 Å². The van der Waals surface area contributed by atoms with E-state index in [1.165, 1.54) is 24.8 Å². The minimum atomic E-state index is -0.0669. The summed E-state index contributed by atoms with van der Waals surface area (Å²) in [6.07, 6.45) is 7.38. The Morgan fingerprint density at radius 1 is 1.43 bits per heavy atom. The Morgan fingerprint density at radius 3 is 2.93 bits per heavy atom. The van der Waals surface area contributed by atoms with Crippen molar-refractivity contribution >= 4 is 0 Å². The van der Waals surface area contributed by atoms with E-state index in [4.69, 9.17) is 4.74 Å². The maximum absolute atomic E-state index is 5.92. The van der Waals surface area contributed by atoms with Crippen LogP contribution in [0.4, 0.5) is 0 Å². The van der Waals surface area contributed by atoms with Crippen molar-refractivity contribution in [3.63, 3.8) is 0 Å². The standard InChI is InChI=1S/C12H21NO/c1-10(2)9-11-5-3-4-6-12(11)13-7-8-14-12/h9-10,13H,3-8H2,1-2H3. The lowest BCUT2D eigenvalue weighted by atomic mass is 9.85. The minimum absolute atomic E-state index is 0.0669. The van der Waals surface area contributed by atoms with Crippen LogP contribution in [0.25, 0.3) is 0 Å². The van der Waals surface area contributed by atoms with Crippen LogP contribution in [-0.2, 0) is 4.74 Å². The second-order valence-corrected chi connectivity index (χ2v) is 4.75. The molecule has 1 aliphatic carbocycles. The van der Waals surface area contributed by atoms with Gasteiger partial charge in [-0.25, -0.2) is 0 Å². The Bertz CT molecular complexity index is 226. The zero-order valence-corrected chi connectivity index (χ0v) is 9.31. The molecule has 1 aliphatic heterocycles. The van der Waals surface area contributed by atoms with E-state index < -0.39 is 0 Å². The summed E-state index contributed by atoms with van der Waals surface area (Å²) in [4.78, 5) is 0. The maximum Gasteiger partial charge on any atom is 0.141 e. The van der Waals surface area contributed by atoms with Crippen molar-refractivity contribution in [1.29, 1.82) is 0 Å². The van der Waals surface area contributed by atoms with Crippen molar-refractivity contribution in [2.75, 3.05) is 13.2 Å². The van der Waals surface area contributed by atoms with E-state index in [0.29, 0.717) is 5.92 Å². The second kappa shape index (κ2) is 4.03. The Hall–Kier alpha value is -0.340. The summed E-state index contributed by atoms with van der Waals surface area (Å²) in [7, 11) is 0. The van der Waals surface area contributed by atoms with Crippen LogP contribution in [0.3, 0.4) is 0 Å². The Morgan fingerprint density at radius 2 is 2.29 bits per heavy atom. The first-order valence-electron chi connectivity index (χ1n) is 5.83. The summed E-state index contributed by atoms with van der Waals surface area (Å²) in [5.74, 6) is 0.631. The highest BCUT2D eigenvalue weighted by Gasteiger charge is 2.39. The third-order valence-corrected chi connectivity index (χ3v) is 3.14. The molecule has 1 saturated heterocycles. The van der Waals surface area contributed by atoms with Gasteiger partial charge in [0.05, 0.1) is 6.61 Å². The Balaban J connectivity index is 2.18. The van der Waals surface area contributed by atoms with Gasteiger partial charge in [0.15, 0.2) is 0 Å². The molecule has 80 valence electrons. The van der Waals surface area contributed by atoms with Gasteiger partial charge in [-0.05, 0) is 37.2 Å². The molecule has 1 saturated carbocycles. The quantitative estimate of drug-likeness (QED) is 0.649.